The van der Waals surface area contributed by atoms with Crippen LogP contribution in [0.3, 0.4) is 0 Å². The predicted octanol–water partition coefficient (Wildman–Crippen LogP) is -0.150. The first-order chi connectivity index (χ1) is 7.57. The molecule has 1 aliphatic rings. The van der Waals surface area contributed by atoms with Crippen molar-refractivity contribution in [2.45, 2.75) is 6.42 Å². The lowest BCUT2D eigenvalue weighted by atomic mass is 10.1. The Hall–Kier alpha value is -1.50. The summed E-state index contributed by atoms with van der Waals surface area (Å²) < 4.78 is 22.4. The first-order valence-electron chi connectivity index (χ1n) is 4.85. The maximum Gasteiger partial charge on any atom is 0.230 e. The maximum absolute atomic E-state index is 11.6. The Labute approximate surface area is 93.0 Å². The first-order valence-corrected chi connectivity index (χ1v) is 6.67. The lowest BCUT2D eigenvalue weighted by Gasteiger charge is -2.07. The van der Waals surface area contributed by atoms with Crippen LogP contribution in [-0.2, 0) is 14.6 Å². The van der Waals surface area contributed by atoms with Crippen LogP contribution in [0.4, 0.5) is 5.95 Å². The van der Waals surface area contributed by atoms with Crippen molar-refractivity contribution < 1.29 is 13.2 Å². The molecule has 1 N–H and O–H groups in total. The summed E-state index contributed by atoms with van der Waals surface area (Å²) >= 11 is 0. The molecule has 2 heterocycles. The number of hydrogen-bond acceptors (Lipinski definition) is 5. The second kappa shape index (κ2) is 4.17. The number of aromatic nitrogens is 2. The summed E-state index contributed by atoms with van der Waals surface area (Å²) in [5, 5.41) is 2.50. The Balaban J connectivity index is 2.00. The molecule has 0 spiro atoms. The molecule has 1 fully saturated rings. The number of anilines is 1. The van der Waals surface area contributed by atoms with Gasteiger partial charge < -0.3 is 0 Å². The monoisotopic (exact) mass is 241 g/mol. The summed E-state index contributed by atoms with van der Waals surface area (Å²) in [4.78, 5) is 19.3. The SMILES string of the molecule is O=C(Nc1ncccn1)C1CCS(=O)(=O)C1. The fourth-order valence-corrected chi connectivity index (χ4v) is 3.32. The fraction of sp³-hybridized carbons (Fsp3) is 0.444. The van der Waals surface area contributed by atoms with Gasteiger partial charge in [-0.3, -0.25) is 10.1 Å². The van der Waals surface area contributed by atoms with Crippen LogP contribution in [0.15, 0.2) is 18.5 Å². The van der Waals surface area contributed by atoms with Crippen molar-refractivity contribution in [2.75, 3.05) is 16.8 Å². The fourth-order valence-electron chi connectivity index (χ4n) is 1.58. The van der Waals surface area contributed by atoms with Gasteiger partial charge in [0.25, 0.3) is 0 Å². The molecule has 1 aliphatic heterocycles. The van der Waals surface area contributed by atoms with E-state index in [2.05, 4.69) is 15.3 Å². The summed E-state index contributed by atoms with van der Waals surface area (Å²) in [6, 6.07) is 1.63. The van der Waals surface area contributed by atoms with Crippen molar-refractivity contribution in [1.29, 1.82) is 0 Å². The van der Waals surface area contributed by atoms with E-state index in [1.54, 1.807) is 6.07 Å². The molecule has 0 radical (unpaired) electrons. The van der Waals surface area contributed by atoms with E-state index in [1.807, 2.05) is 0 Å². The third-order valence-electron chi connectivity index (χ3n) is 2.40. The molecule has 1 amide bonds. The summed E-state index contributed by atoms with van der Waals surface area (Å²) in [5.74, 6) is -0.593. The van der Waals surface area contributed by atoms with Gasteiger partial charge in [-0.1, -0.05) is 0 Å². The van der Waals surface area contributed by atoms with Crippen molar-refractivity contribution in [3.8, 4) is 0 Å². The summed E-state index contributed by atoms with van der Waals surface area (Å²) in [6.45, 7) is 0. The molecule has 6 nitrogen and oxygen atoms in total. The second-order valence-corrected chi connectivity index (χ2v) is 5.89. The molecule has 0 bridgehead atoms. The Morgan fingerprint density at radius 1 is 1.38 bits per heavy atom. The number of carbonyl (C=O) groups excluding carboxylic acids is 1. The molecule has 2 rings (SSSR count). The third-order valence-corrected chi connectivity index (χ3v) is 4.17. The van der Waals surface area contributed by atoms with Crippen LogP contribution in [0.2, 0.25) is 0 Å². The lowest BCUT2D eigenvalue weighted by molar-refractivity contribution is -0.119. The minimum Gasteiger partial charge on any atom is -0.294 e. The molecule has 0 saturated carbocycles. The molecule has 1 unspecified atom stereocenters. The first kappa shape index (κ1) is 11.0. The zero-order valence-corrected chi connectivity index (χ0v) is 9.27. The smallest absolute Gasteiger partial charge is 0.230 e. The van der Waals surface area contributed by atoms with Gasteiger partial charge in [0.05, 0.1) is 17.4 Å². The number of sulfone groups is 1. The van der Waals surface area contributed by atoms with Gasteiger partial charge >= 0.3 is 0 Å². The average Bonchev–Trinajstić information content (AvgIpc) is 2.60. The number of hydrogen-bond donors (Lipinski definition) is 1. The minimum atomic E-state index is -3.03. The van der Waals surface area contributed by atoms with Crippen LogP contribution >= 0.6 is 0 Å². The van der Waals surface area contributed by atoms with Crippen LogP contribution in [-0.4, -0.2) is 35.8 Å². The van der Waals surface area contributed by atoms with Crippen LogP contribution in [0, 0.1) is 5.92 Å². The Morgan fingerprint density at radius 3 is 2.62 bits per heavy atom. The molecule has 1 saturated heterocycles. The van der Waals surface area contributed by atoms with E-state index < -0.39 is 15.8 Å². The zero-order valence-electron chi connectivity index (χ0n) is 8.46. The zero-order chi connectivity index (χ0) is 11.6. The van der Waals surface area contributed by atoms with Crippen molar-refractivity contribution in [3.05, 3.63) is 18.5 Å². The largest absolute Gasteiger partial charge is 0.294 e. The molecule has 86 valence electrons. The van der Waals surface area contributed by atoms with Gasteiger partial charge in [0, 0.05) is 12.4 Å². The quantitative estimate of drug-likeness (QED) is 0.777. The number of nitrogens with one attached hydrogen (secondary N) is 1. The summed E-state index contributed by atoms with van der Waals surface area (Å²) in [6.07, 6.45) is 3.39. The standard InChI is InChI=1S/C9H11N3O3S/c13-8(7-2-5-16(14,15)6-7)12-9-10-3-1-4-11-9/h1,3-4,7H,2,5-6H2,(H,10,11,12,13). The van der Waals surface area contributed by atoms with E-state index >= 15 is 0 Å². The van der Waals surface area contributed by atoms with Gasteiger partial charge in [0.2, 0.25) is 11.9 Å². The highest BCUT2D eigenvalue weighted by Crippen LogP contribution is 2.19. The van der Waals surface area contributed by atoms with E-state index in [0.29, 0.717) is 6.42 Å². The molecule has 1 aromatic heterocycles. The summed E-state index contributed by atoms with van der Waals surface area (Å²) in [7, 11) is -3.03. The Kier molecular flexibility index (Phi) is 2.86. The maximum atomic E-state index is 11.6. The Bertz CT molecular complexity index is 486. The highest BCUT2D eigenvalue weighted by Gasteiger charge is 2.33. The lowest BCUT2D eigenvalue weighted by Crippen LogP contribution is -2.24. The van der Waals surface area contributed by atoms with Crippen molar-refractivity contribution in [2.24, 2.45) is 5.92 Å². The van der Waals surface area contributed by atoms with Gasteiger partial charge in [-0.05, 0) is 12.5 Å². The number of rotatable bonds is 2. The predicted molar refractivity (Wildman–Crippen MR) is 57.4 cm³/mol. The molecule has 0 aromatic carbocycles. The number of nitrogens with zero attached hydrogens (tertiary/aromatic N) is 2. The Morgan fingerprint density at radius 2 is 2.06 bits per heavy atom. The molecular weight excluding hydrogens is 230 g/mol. The van der Waals surface area contributed by atoms with Crippen LogP contribution in [0.5, 0.6) is 0 Å². The van der Waals surface area contributed by atoms with E-state index in [4.69, 9.17) is 0 Å². The highest BCUT2D eigenvalue weighted by atomic mass is 32.2. The summed E-state index contributed by atoms with van der Waals surface area (Å²) in [5.41, 5.74) is 0. The molecule has 7 heteroatoms. The van der Waals surface area contributed by atoms with Crippen molar-refractivity contribution in [1.82, 2.24) is 9.97 Å². The van der Waals surface area contributed by atoms with Gasteiger partial charge in [-0.15, -0.1) is 0 Å². The molecule has 1 atom stereocenters. The van der Waals surface area contributed by atoms with Gasteiger partial charge in [-0.2, -0.15) is 0 Å². The topological polar surface area (TPSA) is 89.0 Å². The van der Waals surface area contributed by atoms with Crippen LogP contribution < -0.4 is 5.32 Å². The molecule has 1 aromatic rings. The number of amides is 1. The van der Waals surface area contributed by atoms with E-state index in [-0.39, 0.29) is 23.4 Å². The van der Waals surface area contributed by atoms with Gasteiger partial charge in [0.1, 0.15) is 0 Å². The van der Waals surface area contributed by atoms with Crippen LogP contribution in [0.1, 0.15) is 6.42 Å². The average molecular weight is 241 g/mol. The van der Waals surface area contributed by atoms with E-state index in [0.717, 1.165) is 0 Å². The third kappa shape index (κ3) is 2.54. The second-order valence-electron chi connectivity index (χ2n) is 3.66. The van der Waals surface area contributed by atoms with E-state index in [1.165, 1.54) is 12.4 Å². The van der Waals surface area contributed by atoms with E-state index in [9.17, 15) is 13.2 Å². The van der Waals surface area contributed by atoms with Crippen LogP contribution in [0.25, 0.3) is 0 Å². The number of carbonyl (C=O) groups is 1. The molecule has 16 heavy (non-hydrogen) atoms. The van der Waals surface area contributed by atoms with Crippen molar-refractivity contribution in [3.63, 3.8) is 0 Å². The van der Waals surface area contributed by atoms with Crippen molar-refractivity contribution >= 4 is 21.7 Å². The highest BCUT2D eigenvalue weighted by molar-refractivity contribution is 7.91. The minimum absolute atomic E-state index is 0.0777. The van der Waals surface area contributed by atoms with Gasteiger partial charge in [-0.25, -0.2) is 18.4 Å². The normalized spacial score (nSPS) is 22.9. The van der Waals surface area contributed by atoms with Gasteiger partial charge in [0.15, 0.2) is 9.84 Å². The molecule has 0 aliphatic carbocycles. The molecular formula is C9H11N3O3S.